The molecule has 0 unspecified atom stereocenters. The normalized spacial score (nSPS) is 11.9. The van der Waals surface area contributed by atoms with Gasteiger partial charge in [-0.2, -0.15) is 0 Å². The second kappa shape index (κ2) is 9.16. The fourth-order valence-corrected chi connectivity index (χ4v) is 2.81. The molecule has 0 aliphatic heterocycles. The van der Waals surface area contributed by atoms with E-state index in [0.29, 0.717) is 0 Å². The Bertz CT molecular complexity index is 825. The molecule has 0 aliphatic rings. The standard InChI is InChI=1S/C21H27N3O3/c1-14(2)20(21(27)22-13-19(26)24(3)4)23-18(25)12-16-10-7-9-15-8-5-6-11-17(15)16/h5-11,14,20H,12-13H2,1-4H3,(H,22,27)(H,23,25)/t20-/m0/s1. The van der Waals surface area contributed by atoms with E-state index in [2.05, 4.69) is 10.6 Å². The molecule has 0 bridgehead atoms. The van der Waals surface area contributed by atoms with Crippen LogP contribution in [0.15, 0.2) is 42.5 Å². The Hall–Kier alpha value is -2.89. The van der Waals surface area contributed by atoms with Gasteiger partial charge in [-0.05, 0) is 22.3 Å². The average Bonchev–Trinajstić information content (AvgIpc) is 2.63. The van der Waals surface area contributed by atoms with Crippen molar-refractivity contribution in [3.8, 4) is 0 Å². The van der Waals surface area contributed by atoms with E-state index in [1.807, 2.05) is 56.3 Å². The number of carbonyl (C=O) groups is 3. The van der Waals surface area contributed by atoms with Gasteiger partial charge >= 0.3 is 0 Å². The smallest absolute Gasteiger partial charge is 0.243 e. The molecule has 0 fully saturated rings. The summed E-state index contributed by atoms with van der Waals surface area (Å²) in [4.78, 5) is 38.0. The molecule has 0 aliphatic carbocycles. The molecule has 2 N–H and O–H groups in total. The van der Waals surface area contributed by atoms with Crippen LogP contribution in [0.1, 0.15) is 19.4 Å². The highest BCUT2D eigenvalue weighted by Gasteiger charge is 2.24. The Morgan fingerprint density at radius 1 is 1.00 bits per heavy atom. The van der Waals surface area contributed by atoms with E-state index in [0.717, 1.165) is 16.3 Å². The molecule has 6 nitrogen and oxygen atoms in total. The van der Waals surface area contributed by atoms with Gasteiger partial charge in [0.05, 0.1) is 13.0 Å². The predicted molar refractivity (Wildman–Crippen MR) is 106 cm³/mol. The predicted octanol–water partition coefficient (Wildman–Crippen LogP) is 1.73. The lowest BCUT2D eigenvalue weighted by atomic mass is 10.0. The highest BCUT2D eigenvalue weighted by molar-refractivity contribution is 5.93. The van der Waals surface area contributed by atoms with Crippen LogP contribution in [0.5, 0.6) is 0 Å². The van der Waals surface area contributed by atoms with Gasteiger partial charge < -0.3 is 15.5 Å². The van der Waals surface area contributed by atoms with Crippen molar-refractivity contribution in [2.75, 3.05) is 20.6 Å². The number of hydrogen-bond donors (Lipinski definition) is 2. The number of nitrogens with zero attached hydrogens (tertiary/aromatic N) is 1. The van der Waals surface area contributed by atoms with Crippen LogP contribution in [0.4, 0.5) is 0 Å². The Kier molecular flexibility index (Phi) is 6.93. The first-order valence-corrected chi connectivity index (χ1v) is 9.03. The lowest BCUT2D eigenvalue weighted by molar-refractivity contribution is -0.133. The van der Waals surface area contributed by atoms with Gasteiger partial charge in [-0.3, -0.25) is 14.4 Å². The minimum absolute atomic E-state index is 0.0890. The van der Waals surface area contributed by atoms with Crippen LogP contribution >= 0.6 is 0 Å². The number of carbonyl (C=O) groups excluding carboxylic acids is 3. The zero-order chi connectivity index (χ0) is 20.0. The molecule has 0 saturated heterocycles. The second-order valence-electron chi connectivity index (χ2n) is 7.11. The minimum Gasteiger partial charge on any atom is -0.347 e. The molecular weight excluding hydrogens is 342 g/mol. The highest BCUT2D eigenvalue weighted by atomic mass is 16.2. The van der Waals surface area contributed by atoms with Gasteiger partial charge in [-0.15, -0.1) is 0 Å². The molecule has 6 heteroatoms. The van der Waals surface area contributed by atoms with E-state index >= 15 is 0 Å². The van der Waals surface area contributed by atoms with Crippen LogP contribution in [0, 0.1) is 5.92 Å². The summed E-state index contributed by atoms with van der Waals surface area (Å²) in [5.74, 6) is -0.880. The van der Waals surface area contributed by atoms with Crippen LogP contribution in [-0.4, -0.2) is 49.3 Å². The third kappa shape index (κ3) is 5.54. The van der Waals surface area contributed by atoms with Crippen molar-refractivity contribution < 1.29 is 14.4 Å². The lowest BCUT2D eigenvalue weighted by Gasteiger charge is -2.22. The first kappa shape index (κ1) is 20.4. The highest BCUT2D eigenvalue weighted by Crippen LogP contribution is 2.19. The van der Waals surface area contributed by atoms with Gasteiger partial charge in [0.2, 0.25) is 17.7 Å². The molecule has 0 saturated carbocycles. The van der Waals surface area contributed by atoms with Gasteiger partial charge in [-0.25, -0.2) is 0 Å². The molecule has 0 heterocycles. The molecule has 3 amide bonds. The van der Waals surface area contributed by atoms with Crippen LogP contribution in [0.25, 0.3) is 10.8 Å². The van der Waals surface area contributed by atoms with E-state index in [9.17, 15) is 14.4 Å². The lowest BCUT2D eigenvalue weighted by Crippen LogP contribution is -2.51. The van der Waals surface area contributed by atoms with Gasteiger partial charge in [0, 0.05) is 14.1 Å². The van der Waals surface area contributed by atoms with Crippen molar-refractivity contribution in [3.63, 3.8) is 0 Å². The van der Waals surface area contributed by atoms with E-state index in [-0.39, 0.29) is 36.6 Å². The first-order chi connectivity index (χ1) is 12.8. The summed E-state index contributed by atoms with van der Waals surface area (Å²) < 4.78 is 0. The van der Waals surface area contributed by atoms with Crippen LogP contribution in [0.2, 0.25) is 0 Å². The summed E-state index contributed by atoms with van der Waals surface area (Å²) in [6, 6.07) is 13.0. The second-order valence-corrected chi connectivity index (χ2v) is 7.11. The third-order valence-corrected chi connectivity index (χ3v) is 4.41. The maximum Gasteiger partial charge on any atom is 0.243 e. The quantitative estimate of drug-likeness (QED) is 0.780. The number of fused-ring (bicyclic) bond motifs is 1. The summed E-state index contributed by atoms with van der Waals surface area (Å²) in [6.07, 6.45) is 0.189. The molecule has 0 aromatic heterocycles. The first-order valence-electron chi connectivity index (χ1n) is 9.03. The molecule has 2 aromatic carbocycles. The van der Waals surface area contributed by atoms with Crippen molar-refractivity contribution in [1.29, 1.82) is 0 Å². The minimum atomic E-state index is -0.692. The number of hydrogen-bond acceptors (Lipinski definition) is 3. The van der Waals surface area contributed by atoms with Crippen molar-refractivity contribution >= 4 is 28.5 Å². The fourth-order valence-electron chi connectivity index (χ4n) is 2.81. The molecule has 1 atom stereocenters. The molecular formula is C21H27N3O3. The van der Waals surface area contributed by atoms with Crippen molar-refractivity contribution in [3.05, 3.63) is 48.0 Å². The molecule has 144 valence electrons. The fraction of sp³-hybridized carbons (Fsp3) is 0.381. The average molecular weight is 369 g/mol. The third-order valence-electron chi connectivity index (χ3n) is 4.41. The number of amides is 3. The van der Waals surface area contributed by atoms with Crippen LogP contribution in [0.3, 0.4) is 0 Å². The summed E-state index contributed by atoms with van der Waals surface area (Å²) >= 11 is 0. The molecule has 0 spiro atoms. The maximum atomic E-state index is 12.6. The summed E-state index contributed by atoms with van der Waals surface area (Å²) in [6.45, 7) is 3.63. The van der Waals surface area contributed by atoms with Gasteiger partial charge in [-0.1, -0.05) is 56.3 Å². The van der Waals surface area contributed by atoms with Crippen LogP contribution < -0.4 is 10.6 Å². The van der Waals surface area contributed by atoms with Crippen molar-refractivity contribution in [2.24, 2.45) is 5.92 Å². The van der Waals surface area contributed by atoms with Gasteiger partial charge in [0.1, 0.15) is 6.04 Å². The largest absolute Gasteiger partial charge is 0.347 e. The summed E-state index contributed by atoms with van der Waals surface area (Å²) in [7, 11) is 3.25. The zero-order valence-electron chi connectivity index (χ0n) is 16.3. The Morgan fingerprint density at radius 3 is 2.33 bits per heavy atom. The topological polar surface area (TPSA) is 78.5 Å². The van der Waals surface area contributed by atoms with E-state index in [4.69, 9.17) is 0 Å². The Morgan fingerprint density at radius 2 is 1.67 bits per heavy atom. The summed E-state index contributed by atoms with van der Waals surface area (Å²) in [5.41, 5.74) is 0.913. The monoisotopic (exact) mass is 369 g/mol. The summed E-state index contributed by atoms with van der Waals surface area (Å²) in [5, 5.41) is 7.50. The number of nitrogens with one attached hydrogen (secondary N) is 2. The Labute approximate surface area is 159 Å². The Balaban J connectivity index is 2.04. The number of benzene rings is 2. The van der Waals surface area contributed by atoms with Gasteiger partial charge in [0.25, 0.3) is 0 Å². The van der Waals surface area contributed by atoms with Crippen molar-refractivity contribution in [2.45, 2.75) is 26.3 Å². The number of likely N-dealkylation sites (N-methyl/N-ethyl adjacent to an activating group) is 1. The van der Waals surface area contributed by atoms with E-state index < -0.39 is 6.04 Å². The van der Waals surface area contributed by atoms with Gasteiger partial charge in [0.15, 0.2) is 0 Å². The van der Waals surface area contributed by atoms with E-state index in [1.165, 1.54) is 4.90 Å². The SMILES string of the molecule is CC(C)[C@H](NC(=O)Cc1cccc2ccccc12)C(=O)NCC(=O)N(C)C. The number of rotatable bonds is 7. The molecule has 0 radical (unpaired) electrons. The maximum absolute atomic E-state index is 12.6. The van der Waals surface area contributed by atoms with Crippen LogP contribution in [-0.2, 0) is 20.8 Å². The zero-order valence-corrected chi connectivity index (χ0v) is 16.3. The molecule has 2 rings (SSSR count). The van der Waals surface area contributed by atoms with Crippen molar-refractivity contribution in [1.82, 2.24) is 15.5 Å². The molecule has 2 aromatic rings. The molecule has 27 heavy (non-hydrogen) atoms. The van der Waals surface area contributed by atoms with E-state index in [1.54, 1.807) is 14.1 Å².